The molecule has 0 bridgehead atoms. The van der Waals surface area contributed by atoms with Crippen LogP contribution in [0, 0.1) is 22.7 Å². The summed E-state index contributed by atoms with van der Waals surface area (Å²) >= 11 is 0. The smallest absolute Gasteiger partial charge is 0.115 e. The first-order valence-corrected chi connectivity index (χ1v) is 12.0. The van der Waals surface area contributed by atoms with Crippen LogP contribution in [0.3, 0.4) is 0 Å². The van der Waals surface area contributed by atoms with Crippen LogP contribution in [0.5, 0.6) is 5.75 Å². The van der Waals surface area contributed by atoms with E-state index in [1.54, 1.807) is 0 Å². The maximum atomic E-state index is 11.0. The Morgan fingerprint density at radius 3 is 2.68 bits per heavy atom. The molecule has 28 heavy (non-hydrogen) atoms. The number of benzene rings is 1. The molecular weight excluding hydrogens is 344 g/mol. The lowest BCUT2D eigenvalue weighted by molar-refractivity contribution is -0.105. The highest BCUT2D eigenvalue weighted by molar-refractivity contribution is 5.42. The number of rotatable bonds is 6. The van der Waals surface area contributed by atoms with E-state index in [1.807, 2.05) is 12.1 Å². The number of phenols is 1. The van der Waals surface area contributed by atoms with Crippen LogP contribution in [-0.2, 0) is 6.42 Å². The van der Waals surface area contributed by atoms with E-state index in [9.17, 15) is 10.2 Å². The minimum atomic E-state index is -0.124. The van der Waals surface area contributed by atoms with Crippen molar-refractivity contribution in [2.75, 3.05) is 0 Å². The second-order valence-corrected chi connectivity index (χ2v) is 10.4. The lowest BCUT2D eigenvalue weighted by Crippen LogP contribution is -2.54. The van der Waals surface area contributed by atoms with Crippen molar-refractivity contribution in [1.29, 1.82) is 0 Å². The molecule has 0 heterocycles. The molecule has 3 aliphatic carbocycles. The van der Waals surface area contributed by atoms with Crippen LogP contribution in [0.2, 0.25) is 0 Å². The molecule has 156 valence electrons. The number of fused-ring (bicyclic) bond motifs is 5. The molecule has 0 aromatic heterocycles. The summed E-state index contributed by atoms with van der Waals surface area (Å²) in [6.45, 7) is 7.10. The number of phenolic OH excluding ortho intramolecular Hbond substituents is 1. The van der Waals surface area contributed by atoms with Crippen molar-refractivity contribution in [3.05, 3.63) is 29.3 Å². The van der Waals surface area contributed by atoms with Gasteiger partial charge in [-0.25, -0.2) is 0 Å². The summed E-state index contributed by atoms with van der Waals surface area (Å²) in [6.07, 6.45) is 13.3. The van der Waals surface area contributed by atoms with Crippen molar-refractivity contribution in [3.8, 4) is 5.75 Å². The molecule has 2 saturated carbocycles. The zero-order valence-electron chi connectivity index (χ0n) is 18.2. The maximum absolute atomic E-state index is 11.0. The molecular formula is C26H40O2. The second kappa shape index (κ2) is 7.67. The van der Waals surface area contributed by atoms with Gasteiger partial charge in [0.15, 0.2) is 0 Å². The van der Waals surface area contributed by atoms with E-state index >= 15 is 0 Å². The van der Waals surface area contributed by atoms with Crippen LogP contribution in [0.4, 0.5) is 0 Å². The Labute approximate surface area is 171 Å². The molecule has 6 atom stereocenters. The first-order valence-electron chi connectivity index (χ1n) is 12.0. The van der Waals surface area contributed by atoms with Gasteiger partial charge >= 0.3 is 0 Å². The topological polar surface area (TPSA) is 40.5 Å². The van der Waals surface area contributed by atoms with Gasteiger partial charge in [0, 0.05) is 0 Å². The Hall–Kier alpha value is -1.02. The highest BCUT2D eigenvalue weighted by Gasteiger charge is 2.63. The van der Waals surface area contributed by atoms with Gasteiger partial charge in [-0.05, 0) is 96.8 Å². The number of unbranched alkanes of at least 4 members (excludes halogenated alkanes) is 3. The fourth-order valence-corrected chi connectivity index (χ4v) is 7.93. The van der Waals surface area contributed by atoms with Crippen molar-refractivity contribution >= 4 is 0 Å². The average Bonchev–Trinajstić information content (AvgIpc) is 2.99. The summed E-state index contributed by atoms with van der Waals surface area (Å²) in [4.78, 5) is 0. The zero-order valence-corrected chi connectivity index (χ0v) is 18.2. The van der Waals surface area contributed by atoms with Gasteiger partial charge in [0.25, 0.3) is 0 Å². The van der Waals surface area contributed by atoms with Crippen LogP contribution in [0.15, 0.2) is 18.2 Å². The van der Waals surface area contributed by atoms with Gasteiger partial charge in [-0.1, -0.05) is 52.5 Å². The molecule has 4 rings (SSSR count). The molecule has 2 heteroatoms. The van der Waals surface area contributed by atoms with Gasteiger partial charge in [-0.2, -0.15) is 0 Å². The standard InChI is InChI=1S/C26H40O2/c1-4-6-7-8-9-19-17-25(3)22(12-13-23(25)28)26(5-2)15-14-18-16-20(27)10-11-21(18)24(19)26/h10-11,16,19,22-24,27-28H,4-9,12-15,17H2,1-3H3/t19-,22?,23-,24?,25-,26-/m0/s1. The van der Waals surface area contributed by atoms with Crippen molar-refractivity contribution in [1.82, 2.24) is 0 Å². The molecule has 0 radical (unpaired) electrons. The Bertz CT molecular complexity index is 698. The van der Waals surface area contributed by atoms with Crippen molar-refractivity contribution < 1.29 is 10.2 Å². The SMILES string of the molecule is CCCCCC[C@H]1C[C@@]2(C)C(CC[C@@H]2O)[C@]2(CC)CCc3cc(O)ccc3C12. The molecule has 0 aliphatic heterocycles. The molecule has 1 aromatic carbocycles. The molecule has 2 fully saturated rings. The van der Waals surface area contributed by atoms with E-state index in [0.717, 1.165) is 12.8 Å². The van der Waals surface area contributed by atoms with Gasteiger partial charge in [0.1, 0.15) is 5.75 Å². The number of aromatic hydroxyl groups is 1. The number of hydrogen-bond donors (Lipinski definition) is 2. The van der Waals surface area contributed by atoms with Crippen LogP contribution < -0.4 is 0 Å². The summed E-state index contributed by atoms with van der Waals surface area (Å²) in [7, 11) is 0. The van der Waals surface area contributed by atoms with E-state index in [1.165, 1.54) is 68.9 Å². The largest absolute Gasteiger partial charge is 0.508 e. The van der Waals surface area contributed by atoms with E-state index in [2.05, 4.69) is 26.8 Å². The third kappa shape index (κ3) is 3.02. The third-order valence-electron chi connectivity index (χ3n) is 9.18. The van der Waals surface area contributed by atoms with Crippen LogP contribution in [0.25, 0.3) is 0 Å². The number of aliphatic hydroxyl groups excluding tert-OH is 1. The fraction of sp³-hybridized carbons (Fsp3) is 0.769. The quantitative estimate of drug-likeness (QED) is 0.543. The molecule has 2 N–H and O–H groups in total. The maximum Gasteiger partial charge on any atom is 0.115 e. The molecule has 2 nitrogen and oxygen atoms in total. The highest BCUT2D eigenvalue weighted by Crippen LogP contribution is 2.70. The first-order chi connectivity index (χ1) is 13.5. The molecule has 0 spiro atoms. The highest BCUT2D eigenvalue weighted by atomic mass is 16.3. The predicted octanol–water partition coefficient (Wildman–Crippen LogP) is 6.59. The van der Waals surface area contributed by atoms with Crippen LogP contribution >= 0.6 is 0 Å². The Balaban J connectivity index is 1.75. The van der Waals surface area contributed by atoms with Gasteiger partial charge in [-0.15, -0.1) is 0 Å². The van der Waals surface area contributed by atoms with Crippen molar-refractivity contribution in [2.24, 2.45) is 22.7 Å². The minimum Gasteiger partial charge on any atom is -0.508 e. The Kier molecular flexibility index (Phi) is 5.55. The van der Waals surface area contributed by atoms with E-state index in [0.29, 0.717) is 28.9 Å². The van der Waals surface area contributed by atoms with Gasteiger partial charge < -0.3 is 10.2 Å². The predicted molar refractivity (Wildman–Crippen MR) is 116 cm³/mol. The molecule has 1 aromatic rings. The lowest BCUT2D eigenvalue weighted by atomic mass is 9.43. The van der Waals surface area contributed by atoms with Gasteiger partial charge in [0.2, 0.25) is 0 Å². The Morgan fingerprint density at radius 2 is 1.93 bits per heavy atom. The third-order valence-corrected chi connectivity index (χ3v) is 9.18. The molecule has 3 aliphatic rings. The van der Waals surface area contributed by atoms with Crippen molar-refractivity contribution in [3.63, 3.8) is 0 Å². The monoisotopic (exact) mass is 384 g/mol. The Morgan fingerprint density at radius 1 is 1.11 bits per heavy atom. The van der Waals surface area contributed by atoms with E-state index in [-0.39, 0.29) is 11.5 Å². The normalized spacial score (nSPS) is 39.3. The van der Waals surface area contributed by atoms with Gasteiger partial charge in [-0.3, -0.25) is 0 Å². The summed E-state index contributed by atoms with van der Waals surface area (Å²) < 4.78 is 0. The first kappa shape index (κ1) is 20.3. The number of aliphatic hydroxyl groups is 1. The molecule has 0 amide bonds. The lowest BCUT2D eigenvalue weighted by Gasteiger charge is -2.61. The summed E-state index contributed by atoms with van der Waals surface area (Å²) in [5.74, 6) is 2.32. The van der Waals surface area contributed by atoms with E-state index in [4.69, 9.17) is 0 Å². The summed E-state index contributed by atoms with van der Waals surface area (Å²) in [5.41, 5.74) is 3.32. The van der Waals surface area contributed by atoms with Crippen LogP contribution in [0.1, 0.15) is 102 Å². The number of hydrogen-bond acceptors (Lipinski definition) is 2. The summed E-state index contributed by atoms with van der Waals surface area (Å²) in [5, 5.41) is 21.1. The van der Waals surface area contributed by atoms with Gasteiger partial charge in [0.05, 0.1) is 6.10 Å². The van der Waals surface area contributed by atoms with Crippen LogP contribution in [-0.4, -0.2) is 16.3 Å². The zero-order chi connectivity index (χ0) is 19.9. The minimum absolute atomic E-state index is 0.0936. The second-order valence-electron chi connectivity index (χ2n) is 10.4. The van der Waals surface area contributed by atoms with E-state index < -0.39 is 0 Å². The molecule has 2 unspecified atom stereocenters. The molecule has 0 saturated heterocycles. The fourth-order valence-electron chi connectivity index (χ4n) is 7.93. The average molecular weight is 385 g/mol. The number of aryl methyl sites for hydroxylation is 1. The summed E-state index contributed by atoms with van der Waals surface area (Å²) in [6, 6.07) is 6.18. The van der Waals surface area contributed by atoms with Crippen molar-refractivity contribution in [2.45, 2.75) is 103 Å².